The van der Waals surface area contributed by atoms with Gasteiger partial charge in [0.1, 0.15) is 41.1 Å². The first-order valence-corrected chi connectivity index (χ1v) is 14.7. The second-order valence-corrected chi connectivity index (χ2v) is 12.0. The highest BCUT2D eigenvalue weighted by atomic mass is 32.1. The molecule has 0 bridgehead atoms. The third kappa shape index (κ3) is 3.19. The molecule has 0 fully saturated rings. The minimum Gasteiger partial charge on any atom is -0.458 e. The molecule has 9 rings (SSSR count). The first-order chi connectivity index (χ1) is 20.2. The molecule has 194 valence electrons. The molecule has 2 aliphatic heterocycles. The number of fused-ring (bicyclic) bond motifs is 7. The first-order valence-electron chi connectivity index (χ1n) is 13.9. The molecule has 0 amide bonds. The van der Waals surface area contributed by atoms with Gasteiger partial charge in [0.25, 0.3) is 12.5 Å². The molecule has 2 aromatic heterocycles. The van der Waals surface area contributed by atoms with Crippen molar-refractivity contribution in [1.29, 1.82) is 0 Å². The number of ether oxygens (including phenoxy) is 2. The van der Waals surface area contributed by atoms with Crippen LogP contribution in [0.15, 0.2) is 109 Å². The molecular weight excluding hydrogens is 523 g/mol. The lowest BCUT2D eigenvalue weighted by Gasteiger charge is -2.32. The van der Waals surface area contributed by atoms with Crippen molar-refractivity contribution < 1.29 is 14.0 Å². The third-order valence-corrected chi connectivity index (χ3v) is 9.72. The summed E-state index contributed by atoms with van der Waals surface area (Å²) in [6, 6.07) is 34.2. The zero-order chi connectivity index (χ0) is 27.2. The Bertz CT molecular complexity index is 2200. The van der Waals surface area contributed by atoms with E-state index in [2.05, 4.69) is 114 Å². The van der Waals surface area contributed by atoms with Crippen LogP contribution in [0.5, 0.6) is 23.0 Å². The van der Waals surface area contributed by atoms with Crippen molar-refractivity contribution in [3.8, 4) is 40.1 Å². The van der Waals surface area contributed by atoms with Crippen molar-refractivity contribution in [2.45, 2.75) is 6.92 Å². The van der Waals surface area contributed by atoms with E-state index < -0.39 is 0 Å². The van der Waals surface area contributed by atoms with Gasteiger partial charge in [-0.3, -0.25) is 0 Å². The summed E-state index contributed by atoms with van der Waals surface area (Å²) in [4.78, 5) is 0. The van der Waals surface area contributed by atoms with Crippen molar-refractivity contribution in [2.75, 3.05) is 0 Å². The molecule has 4 heterocycles. The Labute approximate surface area is 241 Å². The number of imidazole rings is 1. The fourth-order valence-electron chi connectivity index (χ4n) is 6.66. The Morgan fingerprint density at radius 2 is 1.49 bits per heavy atom. The maximum absolute atomic E-state index is 6.60. The molecule has 2 aliphatic rings. The maximum Gasteiger partial charge on any atom is 0.295 e. The summed E-state index contributed by atoms with van der Waals surface area (Å²) >= 11 is 1.87. The molecule has 0 saturated carbocycles. The van der Waals surface area contributed by atoms with Gasteiger partial charge < -0.3 is 9.47 Å². The number of thiophene rings is 1. The molecule has 0 saturated heterocycles. The summed E-state index contributed by atoms with van der Waals surface area (Å²) < 4.78 is 20.0. The van der Waals surface area contributed by atoms with Crippen LogP contribution in [0.4, 0.5) is 0 Å². The van der Waals surface area contributed by atoms with Gasteiger partial charge in [-0.25, -0.2) is 4.57 Å². The van der Waals surface area contributed by atoms with Crippen LogP contribution in [0.3, 0.4) is 0 Å². The van der Waals surface area contributed by atoms with Crippen molar-refractivity contribution in [3.63, 3.8) is 0 Å². The Morgan fingerprint density at radius 3 is 2.34 bits per heavy atom. The Morgan fingerprint density at radius 1 is 0.732 bits per heavy atom. The van der Waals surface area contributed by atoms with E-state index in [1.165, 1.54) is 48.0 Å². The lowest BCUT2D eigenvalue weighted by Crippen LogP contribution is -2.57. The number of aryl methyl sites for hydroxylation is 2. The van der Waals surface area contributed by atoms with Gasteiger partial charge in [-0.2, -0.15) is 4.57 Å². The first kappa shape index (κ1) is 23.0. The van der Waals surface area contributed by atoms with Crippen molar-refractivity contribution in [2.24, 2.45) is 7.05 Å². The second-order valence-electron chi connectivity index (χ2n) is 10.9. The van der Waals surface area contributed by atoms with Crippen LogP contribution in [-0.2, 0) is 7.05 Å². The molecule has 41 heavy (non-hydrogen) atoms. The van der Waals surface area contributed by atoms with Gasteiger partial charge >= 0.3 is 0 Å². The number of rotatable bonds is 2. The average molecular weight is 547 g/mol. The maximum atomic E-state index is 6.60. The topological polar surface area (TPSA) is 27.3 Å². The van der Waals surface area contributed by atoms with Crippen LogP contribution >= 0.6 is 11.3 Å². The number of nitrogens with zero attached hydrogens (tertiary/aromatic N) is 2. The summed E-state index contributed by atoms with van der Waals surface area (Å²) in [5, 5.41) is 2.48. The molecule has 6 heteroatoms. The van der Waals surface area contributed by atoms with Gasteiger partial charge in [-0.05, 0) is 65.9 Å². The number of benzene rings is 5. The molecule has 4 nitrogen and oxygen atoms in total. The SMILES string of the molecule is Cc1ccc2c(sc3cc4c(cc32)Oc2cccc3c2B4c2ccccc2O3)c1-c1n(-c2ccccc2)cc[n+]1C. The van der Waals surface area contributed by atoms with Gasteiger partial charge in [0.05, 0.1) is 17.3 Å². The molecule has 0 radical (unpaired) electrons. The van der Waals surface area contributed by atoms with Gasteiger partial charge in [0, 0.05) is 20.9 Å². The average Bonchev–Trinajstić information content (AvgIpc) is 3.56. The summed E-state index contributed by atoms with van der Waals surface area (Å²) in [5.74, 6) is 4.75. The van der Waals surface area contributed by atoms with Crippen LogP contribution in [-0.4, -0.2) is 11.3 Å². The molecule has 0 aliphatic carbocycles. The van der Waals surface area contributed by atoms with Gasteiger partial charge in [-0.1, -0.05) is 54.6 Å². The standard InChI is InChI=1S/C35H24BN2O2S/c1-21-15-16-23-24-19-30-26(36-25-11-6-7-12-27(25)39-28-13-8-14-29(40-30)33(28)36)20-31(24)41-34(23)32(21)35-37(2)17-18-38(35)22-9-4-3-5-10-22/h3-20H,1-2H3/q+1. The highest BCUT2D eigenvalue weighted by Crippen LogP contribution is 2.43. The smallest absolute Gasteiger partial charge is 0.295 e. The molecule has 0 atom stereocenters. The predicted octanol–water partition coefficient (Wildman–Crippen LogP) is 6.37. The second kappa shape index (κ2) is 8.35. The van der Waals surface area contributed by atoms with Gasteiger partial charge in [0.2, 0.25) is 0 Å². The van der Waals surface area contributed by atoms with E-state index in [9.17, 15) is 0 Å². The zero-order valence-electron chi connectivity index (χ0n) is 22.6. The molecule has 0 unspecified atom stereocenters. The highest BCUT2D eigenvalue weighted by molar-refractivity contribution is 7.26. The summed E-state index contributed by atoms with van der Waals surface area (Å²) in [5.41, 5.74) is 7.16. The summed E-state index contributed by atoms with van der Waals surface area (Å²) in [6.07, 6.45) is 4.29. The monoisotopic (exact) mass is 547 g/mol. The third-order valence-electron chi connectivity index (χ3n) is 8.54. The zero-order valence-corrected chi connectivity index (χ0v) is 23.4. The molecule has 0 N–H and O–H groups in total. The van der Waals surface area contributed by atoms with E-state index in [0.717, 1.165) is 34.1 Å². The minimum atomic E-state index is 0.0684. The Kier molecular flexibility index (Phi) is 4.68. The number of para-hydroxylation sites is 2. The lowest BCUT2D eigenvalue weighted by atomic mass is 9.35. The van der Waals surface area contributed by atoms with Crippen molar-refractivity contribution >= 4 is 54.6 Å². The van der Waals surface area contributed by atoms with Crippen molar-refractivity contribution in [3.05, 3.63) is 115 Å². The normalized spacial score (nSPS) is 13.0. The molecule has 0 spiro atoms. The Hall–Kier alpha value is -4.81. The van der Waals surface area contributed by atoms with E-state index in [1.807, 2.05) is 29.5 Å². The van der Waals surface area contributed by atoms with E-state index in [-0.39, 0.29) is 6.71 Å². The predicted molar refractivity (Wildman–Crippen MR) is 168 cm³/mol. The molecule has 7 aromatic rings. The number of aromatic nitrogens is 2. The Balaban J connectivity index is 1.31. The van der Waals surface area contributed by atoms with Crippen LogP contribution < -0.4 is 30.4 Å². The quantitative estimate of drug-likeness (QED) is 0.186. The number of hydrogen-bond donors (Lipinski definition) is 0. The van der Waals surface area contributed by atoms with Crippen molar-refractivity contribution in [1.82, 2.24) is 4.57 Å². The van der Waals surface area contributed by atoms with Crippen LogP contribution in [0, 0.1) is 6.92 Å². The molecular formula is C35H24BN2O2S+. The van der Waals surface area contributed by atoms with E-state index >= 15 is 0 Å². The van der Waals surface area contributed by atoms with E-state index in [4.69, 9.17) is 9.47 Å². The van der Waals surface area contributed by atoms with Crippen LogP contribution in [0.1, 0.15) is 5.56 Å². The number of hydrogen-bond acceptors (Lipinski definition) is 3. The summed E-state index contributed by atoms with van der Waals surface area (Å²) in [6.45, 7) is 2.28. The minimum absolute atomic E-state index is 0.0684. The summed E-state index contributed by atoms with van der Waals surface area (Å²) in [7, 11) is 2.13. The van der Waals surface area contributed by atoms with E-state index in [0.29, 0.717) is 0 Å². The van der Waals surface area contributed by atoms with Crippen LogP contribution in [0.2, 0.25) is 0 Å². The largest absolute Gasteiger partial charge is 0.458 e. The fraction of sp³-hybridized carbons (Fsp3) is 0.0571. The highest BCUT2D eigenvalue weighted by Gasteiger charge is 2.40. The van der Waals surface area contributed by atoms with Gasteiger partial charge in [0.15, 0.2) is 0 Å². The van der Waals surface area contributed by atoms with Crippen LogP contribution in [0.25, 0.3) is 37.2 Å². The molecule has 5 aromatic carbocycles. The van der Waals surface area contributed by atoms with Gasteiger partial charge in [-0.15, -0.1) is 11.3 Å². The van der Waals surface area contributed by atoms with E-state index in [1.54, 1.807) is 0 Å². The lowest BCUT2D eigenvalue weighted by molar-refractivity contribution is -0.659. The fourth-order valence-corrected chi connectivity index (χ4v) is 7.98.